The summed E-state index contributed by atoms with van der Waals surface area (Å²) in [4.78, 5) is 28.1. The lowest BCUT2D eigenvalue weighted by atomic mass is 10.1. The molecule has 2 heterocycles. The fraction of sp³-hybridized carbons (Fsp3) is 0.125. The van der Waals surface area contributed by atoms with Crippen molar-refractivity contribution in [1.29, 1.82) is 0 Å². The van der Waals surface area contributed by atoms with Gasteiger partial charge in [0.05, 0.1) is 11.7 Å². The Balaban J connectivity index is 2.05. The summed E-state index contributed by atoms with van der Waals surface area (Å²) < 4.78 is 1.31. The van der Waals surface area contributed by atoms with Gasteiger partial charge in [0.2, 0.25) is 0 Å². The van der Waals surface area contributed by atoms with Crippen molar-refractivity contribution in [1.82, 2.24) is 14.9 Å². The highest BCUT2D eigenvalue weighted by Crippen LogP contribution is 2.26. The first-order valence-electron chi connectivity index (χ1n) is 6.94. The van der Waals surface area contributed by atoms with E-state index in [-0.39, 0.29) is 5.78 Å². The summed E-state index contributed by atoms with van der Waals surface area (Å²) in [6.07, 6.45) is 3.10. The van der Waals surface area contributed by atoms with Gasteiger partial charge in [-0.25, -0.2) is 4.79 Å². The van der Waals surface area contributed by atoms with E-state index in [4.69, 9.17) is 4.84 Å². The largest absolute Gasteiger partial charge is 0.339 e. The molecule has 0 fully saturated rings. The number of carbonyl (C=O) groups excluding carboxylic acids is 2. The van der Waals surface area contributed by atoms with E-state index in [9.17, 15) is 9.59 Å². The van der Waals surface area contributed by atoms with Gasteiger partial charge in [-0.3, -0.25) is 4.79 Å². The first-order chi connectivity index (χ1) is 11.0. The van der Waals surface area contributed by atoms with Crippen LogP contribution in [0.1, 0.15) is 24.2 Å². The number of aromatic nitrogens is 3. The summed E-state index contributed by atoms with van der Waals surface area (Å²) in [5.74, 6) is 0.0203. The molecule has 0 spiro atoms. The van der Waals surface area contributed by atoms with Crippen LogP contribution in [-0.4, -0.2) is 26.7 Å². The summed E-state index contributed by atoms with van der Waals surface area (Å²) >= 11 is 0. The molecule has 0 saturated carbocycles. The molecule has 0 amide bonds. The van der Waals surface area contributed by atoms with E-state index in [0.717, 1.165) is 5.69 Å². The third-order valence-electron chi connectivity index (χ3n) is 3.22. The molecule has 23 heavy (non-hydrogen) atoms. The van der Waals surface area contributed by atoms with Crippen molar-refractivity contribution in [3.8, 4) is 0 Å². The van der Waals surface area contributed by atoms with Gasteiger partial charge in [0.25, 0.3) is 0 Å². The van der Waals surface area contributed by atoms with Crippen LogP contribution in [0.2, 0.25) is 0 Å². The van der Waals surface area contributed by atoms with Crippen molar-refractivity contribution in [3.05, 3.63) is 48.3 Å². The SMILES string of the molecule is CC(=O)On1cc(C(C)=O)c2cc(Nc3cccnn3)ccc21. The van der Waals surface area contributed by atoms with Crippen LogP contribution in [0.25, 0.3) is 10.9 Å². The number of hydrogen-bond acceptors (Lipinski definition) is 6. The van der Waals surface area contributed by atoms with Crippen molar-refractivity contribution in [2.75, 3.05) is 5.32 Å². The van der Waals surface area contributed by atoms with E-state index in [1.165, 1.54) is 24.8 Å². The minimum absolute atomic E-state index is 0.113. The van der Waals surface area contributed by atoms with Gasteiger partial charge in [-0.2, -0.15) is 9.83 Å². The van der Waals surface area contributed by atoms with Crippen molar-refractivity contribution >= 4 is 34.2 Å². The van der Waals surface area contributed by atoms with Crippen LogP contribution < -0.4 is 10.2 Å². The summed E-state index contributed by atoms with van der Waals surface area (Å²) in [5.41, 5.74) is 1.86. The van der Waals surface area contributed by atoms with Crippen molar-refractivity contribution < 1.29 is 14.4 Å². The molecule has 3 aromatic rings. The Morgan fingerprint density at radius 1 is 1.22 bits per heavy atom. The molecule has 1 N–H and O–H groups in total. The average Bonchev–Trinajstić information content (AvgIpc) is 2.86. The monoisotopic (exact) mass is 310 g/mol. The Hall–Kier alpha value is -3.22. The number of rotatable bonds is 4. The molecule has 0 atom stereocenters. The minimum Gasteiger partial charge on any atom is -0.339 e. The summed E-state index contributed by atoms with van der Waals surface area (Å²) in [6, 6.07) is 8.93. The second kappa shape index (κ2) is 5.88. The highest BCUT2D eigenvalue weighted by Gasteiger charge is 2.14. The van der Waals surface area contributed by atoms with Crippen LogP contribution in [-0.2, 0) is 4.79 Å². The topological polar surface area (TPSA) is 86.1 Å². The van der Waals surface area contributed by atoms with Crippen LogP contribution >= 0.6 is 0 Å². The zero-order valence-corrected chi connectivity index (χ0v) is 12.6. The van der Waals surface area contributed by atoms with Gasteiger partial charge in [-0.1, -0.05) is 0 Å². The van der Waals surface area contributed by atoms with Gasteiger partial charge in [-0.05, 0) is 37.3 Å². The second-order valence-electron chi connectivity index (χ2n) is 4.97. The molecule has 0 bridgehead atoms. The molecule has 0 aliphatic rings. The fourth-order valence-electron chi connectivity index (χ4n) is 2.29. The van der Waals surface area contributed by atoms with Gasteiger partial charge >= 0.3 is 5.97 Å². The molecule has 7 heteroatoms. The quantitative estimate of drug-likeness (QED) is 0.744. The molecule has 0 aliphatic carbocycles. The molecule has 7 nitrogen and oxygen atoms in total. The third-order valence-corrected chi connectivity index (χ3v) is 3.22. The number of fused-ring (bicyclic) bond motifs is 1. The van der Waals surface area contributed by atoms with E-state index in [1.807, 2.05) is 0 Å². The highest BCUT2D eigenvalue weighted by atomic mass is 16.7. The average molecular weight is 310 g/mol. The maximum absolute atomic E-state index is 11.8. The lowest BCUT2D eigenvalue weighted by Crippen LogP contribution is -2.15. The predicted molar refractivity (Wildman–Crippen MR) is 84.5 cm³/mol. The van der Waals surface area contributed by atoms with Crippen molar-refractivity contribution in [2.45, 2.75) is 13.8 Å². The summed E-state index contributed by atoms with van der Waals surface area (Å²) in [5, 5.41) is 11.5. The number of ketones is 1. The Labute approximate surface area is 131 Å². The summed E-state index contributed by atoms with van der Waals surface area (Å²) in [6.45, 7) is 2.78. The van der Waals surface area contributed by atoms with E-state index in [2.05, 4.69) is 15.5 Å². The van der Waals surface area contributed by atoms with Crippen molar-refractivity contribution in [3.63, 3.8) is 0 Å². The maximum Gasteiger partial charge on any atom is 0.329 e. The fourth-order valence-corrected chi connectivity index (χ4v) is 2.29. The van der Waals surface area contributed by atoms with Gasteiger partial charge in [0, 0.05) is 29.8 Å². The molecular weight excluding hydrogens is 296 g/mol. The number of anilines is 2. The van der Waals surface area contributed by atoms with Crippen LogP contribution in [0, 0.1) is 0 Å². The van der Waals surface area contributed by atoms with E-state index >= 15 is 0 Å². The number of nitrogens with one attached hydrogen (secondary N) is 1. The number of Topliss-reactive ketones (excluding diaryl/α,β-unsaturated/α-hetero) is 1. The number of carbonyl (C=O) groups is 2. The Morgan fingerprint density at radius 3 is 2.70 bits per heavy atom. The Morgan fingerprint density at radius 2 is 2.04 bits per heavy atom. The van der Waals surface area contributed by atoms with Crippen LogP contribution in [0.3, 0.4) is 0 Å². The predicted octanol–water partition coefficient (Wildman–Crippen LogP) is 2.35. The molecule has 3 rings (SSSR count). The normalized spacial score (nSPS) is 10.5. The third kappa shape index (κ3) is 3.03. The zero-order chi connectivity index (χ0) is 16.4. The van der Waals surface area contributed by atoms with Crippen LogP contribution in [0.4, 0.5) is 11.5 Å². The minimum atomic E-state index is -0.459. The Bertz CT molecular complexity index is 887. The van der Waals surface area contributed by atoms with Gasteiger partial charge in [0.1, 0.15) is 0 Å². The van der Waals surface area contributed by atoms with Gasteiger partial charge in [0.15, 0.2) is 11.6 Å². The van der Waals surface area contributed by atoms with E-state index in [1.54, 1.807) is 36.5 Å². The smallest absolute Gasteiger partial charge is 0.329 e. The molecule has 0 aliphatic heterocycles. The van der Waals surface area contributed by atoms with E-state index in [0.29, 0.717) is 22.3 Å². The van der Waals surface area contributed by atoms with Gasteiger partial charge < -0.3 is 10.2 Å². The van der Waals surface area contributed by atoms with Crippen LogP contribution in [0.15, 0.2) is 42.7 Å². The number of nitrogens with zero attached hydrogens (tertiary/aromatic N) is 3. The van der Waals surface area contributed by atoms with Crippen molar-refractivity contribution in [2.24, 2.45) is 0 Å². The number of benzene rings is 1. The lowest BCUT2D eigenvalue weighted by Gasteiger charge is -2.06. The Kier molecular flexibility index (Phi) is 3.76. The molecule has 0 unspecified atom stereocenters. The van der Waals surface area contributed by atoms with Gasteiger partial charge in [-0.15, -0.1) is 5.10 Å². The summed E-state index contributed by atoms with van der Waals surface area (Å²) in [7, 11) is 0. The maximum atomic E-state index is 11.8. The molecule has 116 valence electrons. The zero-order valence-electron chi connectivity index (χ0n) is 12.6. The first-order valence-corrected chi connectivity index (χ1v) is 6.94. The first kappa shape index (κ1) is 14.7. The molecule has 0 saturated heterocycles. The van der Waals surface area contributed by atoms with E-state index < -0.39 is 5.97 Å². The highest BCUT2D eigenvalue weighted by molar-refractivity contribution is 6.07. The standard InChI is InChI=1S/C16H14N4O3/c1-10(21)14-9-20(23-11(2)22)15-6-5-12(8-13(14)15)18-16-4-3-7-17-19-16/h3-9H,1-2H3,(H,18,19). The molecule has 1 aromatic carbocycles. The van der Waals surface area contributed by atoms with Crippen LogP contribution in [0.5, 0.6) is 0 Å². The molecule has 2 aromatic heterocycles. The molecular formula is C16H14N4O3. The number of hydrogen-bond donors (Lipinski definition) is 1. The lowest BCUT2D eigenvalue weighted by molar-refractivity contribution is -0.140. The molecule has 0 radical (unpaired) electrons. The second-order valence-corrected chi connectivity index (χ2v) is 4.97.